The summed E-state index contributed by atoms with van der Waals surface area (Å²) in [5.74, 6) is 0.460. The summed E-state index contributed by atoms with van der Waals surface area (Å²) >= 11 is 0. The quantitative estimate of drug-likeness (QED) is 0.766. The lowest BCUT2D eigenvalue weighted by molar-refractivity contribution is 0.00858. The molecule has 70 valence electrons. The molecule has 2 nitrogen and oxygen atoms in total. The monoisotopic (exact) mass is 177 g/mol. The van der Waals surface area contributed by atoms with Gasteiger partial charge in [-0.3, -0.25) is 4.98 Å². The first-order chi connectivity index (χ1) is 6.27. The first-order valence-corrected chi connectivity index (χ1v) is 4.90. The molecule has 13 heavy (non-hydrogen) atoms. The van der Waals surface area contributed by atoms with Gasteiger partial charge in [-0.25, -0.2) is 0 Å². The molecule has 1 fully saturated rings. The van der Waals surface area contributed by atoms with Gasteiger partial charge in [0.2, 0.25) is 0 Å². The molecule has 1 aliphatic carbocycles. The van der Waals surface area contributed by atoms with Crippen LogP contribution in [0.5, 0.6) is 0 Å². The van der Waals surface area contributed by atoms with Gasteiger partial charge < -0.3 is 5.11 Å². The molecule has 1 heterocycles. The van der Waals surface area contributed by atoms with Gasteiger partial charge in [0.25, 0.3) is 0 Å². The lowest BCUT2D eigenvalue weighted by Gasteiger charge is -2.26. The molecule has 0 aromatic carbocycles. The third-order valence-corrected chi connectivity index (χ3v) is 2.95. The van der Waals surface area contributed by atoms with Crippen molar-refractivity contribution in [3.05, 3.63) is 30.1 Å². The molecule has 1 saturated carbocycles. The Kier molecular flexibility index (Phi) is 2.08. The highest BCUT2D eigenvalue weighted by atomic mass is 16.3. The van der Waals surface area contributed by atoms with Crippen molar-refractivity contribution in [3.8, 4) is 0 Å². The maximum Gasteiger partial charge on any atom is 0.0936 e. The van der Waals surface area contributed by atoms with Crippen LogP contribution in [0.1, 0.15) is 31.7 Å². The number of aliphatic hydroxyl groups is 1. The number of hydrogen-bond donors (Lipinski definition) is 1. The van der Waals surface area contributed by atoms with E-state index in [1.807, 2.05) is 19.1 Å². The average Bonchev–Trinajstić information content (AvgIpc) is 3.02. The zero-order chi connectivity index (χ0) is 9.31. The number of pyridine rings is 1. The van der Waals surface area contributed by atoms with Crippen molar-refractivity contribution in [2.75, 3.05) is 0 Å². The fraction of sp³-hybridized carbons (Fsp3) is 0.545. The minimum atomic E-state index is -0.617. The van der Waals surface area contributed by atoms with E-state index in [0.29, 0.717) is 5.92 Å². The summed E-state index contributed by atoms with van der Waals surface area (Å²) in [6.07, 6.45) is 6.61. The molecule has 1 unspecified atom stereocenters. The fourth-order valence-electron chi connectivity index (χ4n) is 1.91. The normalized spacial score (nSPS) is 21.1. The van der Waals surface area contributed by atoms with Gasteiger partial charge in [0.15, 0.2) is 0 Å². The van der Waals surface area contributed by atoms with Crippen LogP contribution in [0, 0.1) is 5.92 Å². The molecule has 0 bridgehead atoms. The average molecular weight is 177 g/mol. The van der Waals surface area contributed by atoms with Gasteiger partial charge in [0.1, 0.15) is 0 Å². The van der Waals surface area contributed by atoms with E-state index < -0.39 is 5.60 Å². The van der Waals surface area contributed by atoms with Crippen LogP contribution in [0.4, 0.5) is 0 Å². The van der Waals surface area contributed by atoms with Crippen molar-refractivity contribution in [2.24, 2.45) is 5.92 Å². The largest absolute Gasteiger partial charge is 0.385 e. The first kappa shape index (κ1) is 8.70. The van der Waals surface area contributed by atoms with Crippen molar-refractivity contribution in [1.29, 1.82) is 0 Å². The van der Waals surface area contributed by atoms with Gasteiger partial charge in [-0.05, 0) is 31.2 Å². The molecule has 0 saturated heterocycles. The Bertz CT molecular complexity index is 281. The Labute approximate surface area is 78.6 Å². The third kappa shape index (κ3) is 1.46. The Hall–Kier alpha value is -0.890. The zero-order valence-electron chi connectivity index (χ0n) is 7.90. The summed E-state index contributed by atoms with van der Waals surface area (Å²) in [7, 11) is 0. The topological polar surface area (TPSA) is 33.1 Å². The van der Waals surface area contributed by atoms with Crippen LogP contribution in [0.25, 0.3) is 0 Å². The maximum absolute atomic E-state index is 10.4. The van der Waals surface area contributed by atoms with Crippen LogP contribution in [0.15, 0.2) is 24.5 Å². The molecule has 2 rings (SSSR count). The van der Waals surface area contributed by atoms with Gasteiger partial charge in [-0.1, -0.05) is 13.0 Å². The molecule has 1 aromatic heterocycles. The van der Waals surface area contributed by atoms with Crippen LogP contribution in [-0.2, 0) is 5.60 Å². The molecule has 0 spiro atoms. The molecule has 0 amide bonds. The number of aromatic nitrogens is 1. The van der Waals surface area contributed by atoms with Crippen molar-refractivity contribution < 1.29 is 5.11 Å². The van der Waals surface area contributed by atoms with E-state index in [2.05, 4.69) is 4.98 Å². The van der Waals surface area contributed by atoms with Gasteiger partial charge in [-0.2, -0.15) is 0 Å². The van der Waals surface area contributed by atoms with Crippen molar-refractivity contribution >= 4 is 0 Å². The number of rotatable bonds is 3. The summed E-state index contributed by atoms with van der Waals surface area (Å²) in [5.41, 5.74) is 0.355. The standard InChI is InChI=1S/C11H15NO/c1-2-11(13,9-5-6-9)10-4-3-7-12-8-10/h3-4,7-9,13H,2,5-6H2,1H3. The summed E-state index contributed by atoms with van der Waals surface area (Å²) in [4.78, 5) is 4.05. The Morgan fingerprint density at radius 2 is 2.38 bits per heavy atom. The Morgan fingerprint density at radius 1 is 1.62 bits per heavy atom. The molecule has 2 heteroatoms. The summed E-state index contributed by atoms with van der Waals surface area (Å²) in [5, 5.41) is 10.4. The van der Waals surface area contributed by atoms with E-state index in [9.17, 15) is 5.11 Å². The van der Waals surface area contributed by atoms with E-state index >= 15 is 0 Å². The van der Waals surface area contributed by atoms with Gasteiger partial charge in [0, 0.05) is 18.0 Å². The zero-order valence-corrected chi connectivity index (χ0v) is 7.90. The molecule has 1 N–H and O–H groups in total. The van der Waals surface area contributed by atoms with Gasteiger partial charge in [0.05, 0.1) is 5.60 Å². The number of nitrogens with zero attached hydrogens (tertiary/aromatic N) is 1. The van der Waals surface area contributed by atoms with E-state index in [1.165, 1.54) is 0 Å². The van der Waals surface area contributed by atoms with E-state index in [4.69, 9.17) is 0 Å². The predicted molar refractivity (Wildman–Crippen MR) is 51.1 cm³/mol. The SMILES string of the molecule is CCC(O)(c1cccnc1)C1CC1. The first-order valence-electron chi connectivity index (χ1n) is 4.90. The minimum absolute atomic E-state index is 0.460. The summed E-state index contributed by atoms with van der Waals surface area (Å²) in [6, 6.07) is 3.85. The van der Waals surface area contributed by atoms with Crippen LogP contribution in [-0.4, -0.2) is 10.1 Å². The molecule has 1 aliphatic rings. The minimum Gasteiger partial charge on any atom is -0.385 e. The Morgan fingerprint density at radius 3 is 2.85 bits per heavy atom. The molecular weight excluding hydrogens is 162 g/mol. The second-order valence-electron chi connectivity index (χ2n) is 3.79. The van der Waals surface area contributed by atoms with E-state index in [-0.39, 0.29) is 0 Å². The highest BCUT2D eigenvalue weighted by molar-refractivity contribution is 5.21. The highest BCUT2D eigenvalue weighted by Gasteiger charge is 2.43. The van der Waals surface area contributed by atoms with Crippen molar-refractivity contribution in [2.45, 2.75) is 31.8 Å². The molecule has 1 atom stereocenters. The molecule has 1 aromatic rings. The summed E-state index contributed by atoms with van der Waals surface area (Å²) < 4.78 is 0. The van der Waals surface area contributed by atoms with Crippen LogP contribution in [0.3, 0.4) is 0 Å². The molecule has 0 aliphatic heterocycles. The molecular formula is C11H15NO. The third-order valence-electron chi connectivity index (χ3n) is 2.95. The number of hydrogen-bond acceptors (Lipinski definition) is 2. The second-order valence-corrected chi connectivity index (χ2v) is 3.79. The highest BCUT2D eigenvalue weighted by Crippen LogP contribution is 2.47. The lowest BCUT2D eigenvalue weighted by Crippen LogP contribution is -2.27. The van der Waals surface area contributed by atoms with Crippen LogP contribution < -0.4 is 0 Å². The van der Waals surface area contributed by atoms with Gasteiger partial charge in [-0.15, -0.1) is 0 Å². The second kappa shape index (κ2) is 3.11. The van der Waals surface area contributed by atoms with Crippen molar-refractivity contribution in [1.82, 2.24) is 4.98 Å². The Balaban J connectivity index is 2.30. The maximum atomic E-state index is 10.4. The molecule has 0 radical (unpaired) electrons. The lowest BCUT2D eigenvalue weighted by atomic mass is 9.87. The summed E-state index contributed by atoms with van der Waals surface area (Å²) in [6.45, 7) is 2.03. The van der Waals surface area contributed by atoms with E-state index in [1.54, 1.807) is 12.4 Å². The van der Waals surface area contributed by atoms with Gasteiger partial charge >= 0.3 is 0 Å². The smallest absolute Gasteiger partial charge is 0.0936 e. The fourth-order valence-corrected chi connectivity index (χ4v) is 1.91. The van der Waals surface area contributed by atoms with Crippen LogP contribution in [0.2, 0.25) is 0 Å². The van der Waals surface area contributed by atoms with Crippen LogP contribution >= 0.6 is 0 Å². The van der Waals surface area contributed by atoms with E-state index in [0.717, 1.165) is 24.8 Å². The van der Waals surface area contributed by atoms with Crippen molar-refractivity contribution in [3.63, 3.8) is 0 Å². The predicted octanol–water partition coefficient (Wildman–Crippen LogP) is 2.09.